The quantitative estimate of drug-likeness (QED) is 0.281. The summed E-state index contributed by atoms with van der Waals surface area (Å²) in [6, 6.07) is 1.42. The highest BCUT2D eigenvalue weighted by Crippen LogP contribution is 2.26. The molecule has 0 radical (unpaired) electrons. The number of hydrogen-bond acceptors (Lipinski definition) is 5. The molecular weight excluding hydrogens is 422 g/mol. The van der Waals surface area contributed by atoms with Gasteiger partial charge in [-0.2, -0.15) is 0 Å². The fraction of sp³-hybridized carbons (Fsp3) is 0.636. The van der Waals surface area contributed by atoms with Gasteiger partial charge in [0.2, 0.25) is 18.2 Å². The van der Waals surface area contributed by atoms with E-state index in [-0.39, 0.29) is 25.3 Å². The maximum Gasteiger partial charge on any atom is 0.248 e. The van der Waals surface area contributed by atoms with Crippen molar-refractivity contribution >= 4 is 24.0 Å². The number of amides is 3. The van der Waals surface area contributed by atoms with Crippen LogP contribution in [0.2, 0.25) is 0 Å². The van der Waals surface area contributed by atoms with Gasteiger partial charge in [0.25, 0.3) is 0 Å². The van der Waals surface area contributed by atoms with Crippen LogP contribution in [0.5, 0.6) is 0 Å². The highest BCUT2D eigenvalue weighted by molar-refractivity contribution is 5.97. The van der Waals surface area contributed by atoms with Crippen molar-refractivity contribution in [1.29, 1.82) is 0 Å². The molecule has 32 heavy (non-hydrogen) atoms. The van der Waals surface area contributed by atoms with E-state index < -0.39 is 35.8 Å². The molecule has 178 valence electrons. The minimum Gasteiger partial charge on any atom is -0.327 e. The summed E-state index contributed by atoms with van der Waals surface area (Å²) in [7, 11) is 0. The zero-order chi connectivity index (χ0) is 23.5. The van der Waals surface area contributed by atoms with Crippen LogP contribution < -0.4 is 5.32 Å². The van der Waals surface area contributed by atoms with Crippen LogP contribution in [-0.4, -0.2) is 65.1 Å². The van der Waals surface area contributed by atoms with Gasteiger partial charge in [-0.05, 0) is 25.0 Å². The molecule has 3 amide bonds. The molecule has 0 aliphatic carbocycles. The second-order valence-corrected chi connectivity index (χ2v) is 7.92. The predicted molar refractivity (Wildman–Crippen MR) is 114 cm³/mol. The van der Waals surface area contributed by atoms with Crippen LogP contribution in [0.25, 0.3) is 0 Å². The Balaban J connectivity index is 2.11. The van der Waals surface area contributed by atoms with Crippen LogP contribution in [0.4, 0.5) is 14.6 Å². The van der Waals surface area contributed by atoms with Gasteiger partial charge in [0.05, 0.1) is 31.8 Å². The van der Waals surface area contributed by atoms with E-state index in [4.69, 9.17) is 4.84 Å². The number of hydroxylamine groups is 2. The maximum absolute atomic E-state index is 14.3. The Hall–Kier alpha value is -2.62. The molecule has 1 fully saturated rings. The van der Waals surface area contributed by atoms with Crippen molar-refractivity contribution in [2.75, 3.05) is 25.0 Å². The summed E-state index contributed by atoms with van der Waals surface area (Å²) in [6.45, 7) is 4.17. The smallest absolute Gasteiger partial charge is 0.248 e. The molecule has 1 N–H and O–H groups in total. The van der Waals surface area contributed by atoms with E-state index in [0.29, 0.717) is 19.4 Å². The van der Waals surface area contributed by atoms with Crippen molar-refractivity contribution < 1.29 is 28.0 Å². The maximum atomic E-state index is 14.3. The first-order chi connectivity index (χ1) is 15.4. The zero-order valence-corrected chi connectivity index (χ0v) is 18.6. The summed E-state index contributed by atoms with van der Waals surface area (Å²) in [6.07, 6.45) is 3.75. The summed E-state index contributed by atoms with van der Waals surface area (Å²) in [5.41, 5.74) is 0. The first-order valence-electron chi connectivity index (χ1n) is 11.1. The van der Waals surface area contributed by atoms with Gasteiger partial charge in [-0.15, -0.1) is 0 Å². The Kier molecular flexibility index (Phi) is 10.5. The van der Waals surface area contributed by atoms with Gasteiger partial charge in [-0.1, -0.05) is 33.1 Å². The average molecular weight is 455 g/mol. The van der Waals surface area contributed by atoms with Gasteiger partial charge in [0, 0.05) is 6.42 Å². The average Bonchev–Trinajstić information content (AvgIpc) is 3.18. The van der Waals surface area contributed by atoms with Crippen LogP contribution in [0, 0.1) is 11.7 Å². The Morgan fingerprint density at radius 3 is 2.72 bits per heavy atom. The lowest BCUT2D eigenvalue weighted by Gasteiger charge is -2.30. The number of pyridine rings is 1. The minimum atomic E-state index is -1.34. The SMILES string of the molecule is CCCCON(C=O)C[C@@H](CCCC)C(=O)N1C[C@H](F)C[C@H]1C(=O)Nc1ccc(F)cn1. The molecule has 0 aromatic carbocycles. The molecule has 8 nitrogen and oxygen atoms in total. The van der Waals surface area contributed by atoms with Crippen molar-refractivity contribution in [1.82, 2.24) is 14.9 Å². The van der Waals surface area contributed by atoms with E-state index in [9.17, 15) is 23.2 Å². The van der Waals surface area contributed by atoms with Crippen LogP contribution >= 0.6 is 0 Å². The number of anilines is 1. The van der Waals surface area contributed by atoms with Crippen molar-refractivity contribution in [2.45, 2.75) is 64.6 Å². The number of likely N-dealkylation sites (tertiary alicyclic amines) is 1. The number of hydrogen-bond donors (Lipinski definition) is 1. The normalized spacial score (nSPS) is 18.9. The molecular formula is C22H32F2N4O4. The largest absolute Gasteiger partial charge is 0.327 e. The second-order valence-electron chi connectivity index (χ2n) is 7.92. The molecule has 1 saturated heterocycles. The van der Waals surface area contributed by atoms with E-state index in [2.05, 4.69) is 10.3 Å². The molecule has 3 atom stereocenters. The Bertz CT molecular complexity index is 750. The van der Waals surface area contributed by atoms with E-state index in [1.165, 1.54) is 11.0 Å². The topological polar surface area (TPSA) is 91.8 Å². The Labute approximate surface area is 187 Å². The van der Waals surface area contributed by atoms with Crippen molar-refractivity contribution in [3.05, 3.63) is 24.1 Å². The van der Waals surface area contributed by atoms with E-state index in [1.54, 1.807) is 0 Å². The predicted octanol–water partition coefficient (Wildman–Crippen LogP) is 3.09. The van der Waals surface area contributed by atoms with Gasteiger partial charge in [-0.3, -0.25) is 19.2 Å². The van der Waals surface area contributed by atoms with Crippen LogP contribution in [-0.2, 0) is 19.2 Å². The van der Waals surface area contributed by atoms with Gasteiger partial charge in [0.1, 0.15) is 23.8 Å². The number of alkyl halides is 1. The Morgan fingerprint density at radius 1 is 1.34 bits per heavy atom. The van der Waals surface area contributed by atoms with Gasteiger partial charge in [-0.25, -0.2) is 18.8 Å². The molecule has 1 aromatic rings. The number of unbranched alkanes of at least 4 members (excludes halogenated alkanes) is 2. The van der Waals surface area contributed by atoms with Crippen molar-refractivity contribution in [3.8, 4) is 0 Å². The van der Waals surface area contributed by atoms with E-state index in [0.717, 1.165) is 43.0 Å². The molecule has 0 spiro atoms. The van der Waals surface area contributed by atoms with Gasteiger partial charge in [0.15, 0.2) is 0 Å². The number of nitrogens with zero attached hydrogens (tertiary/aromatic N) is 3. The van der Waals surface area contributed by atoms with Crippen molar-refractivity contribution in [3.63, 3.8) is 0 Å². The zero-order valence-electron chi connectivity index (χ0n) is 18.6. The molecule has 1 aliphatic heterocycles. The van der Waals surface area contributed by atoms with Gasteiger partial charge < -0.3 is 10.2 Å². The van der Waals surface area contributed by atoms with Crippen LogP contribution in [0.3, 0.4) is 0 Å². The standard InChI is InChI=1S/C22H32F2N4O4/c1-3-5-7-16(13-27(15-29)32-10-6-4-2)22(31)28-14-18(24)11-19(28)21(30)26-20-9-8-17(23)12-25-20/h8-9,12,15-16,18-19H,3-7,10-11,13-14H2,1-2H3,(H,25,26,30)/t16-,18-,19+/m1/s1. The first kappa shape index (κ1) is 25.6. The minimum absolute atomic E-state index is 0.0351. The summed E-state index contributed by atoms with van der Waals surface area (Å²) < 4.78 is 27.3. The molecule has 0 unspecified atom stereocenters. The van der Waals surface area contributed by atoms with Gasteiger partial charge >= 0.3 is 0 Å². The third-order valence-corrected chi connectivity index (χ3v) is 5.34. The third kappa shape index (κ3) is 7.51. The molecule has 10 heteroatoms. The van der Waals surface area contributed by atoms with E-state index >= 15 is 0 Å². The number of halogens is 2. The monoisotopic (exact) mass is 454 g/mol. The summed E-state index contributed by atoms with van der Waals surface area (Å²) in [4.78, 5) is 47.9. The second kappa shape index (κ2) is 13.0. The first-order valence-corrected chi connectivity index (χ1v) is 11.1. The number of aromatic nitrogens is 1. The number of rotatable bonds is 13. The lowest BCUT2D eigenvalue weighted by atomic mass is 9.99. The van der Waals surface area contributed by atoms with Crippen LogP contribution in [0.1, 0.15) is 52.4 Å². The fourth-order valence-electron chi connectivity index (χ4n) is 3.58. The Morgan fingerprint density at radius 2 is 2.09 bits per heavy atom. The number of carbonyl (C=O) groups is 3. The lowest BCUT2D eigenvalue weighted by Crippen LogP contribution is -2.48. The molecule has 0 bridgehead atoms. The highest BCUT2D eigenvalue weighted by Gasteiger charge is 2.42. The number of nitrogens with one attached hydrogen (secondary N) is 1. The van der Waals surface area contributed by atoms with E-state index in [1.807, 2.05) is 13.8 Å². The lowest BCUT2D eigenvalue weighted by molar-refractivity contribution is -0.178. The summed E-state index contributed by atoms with van der Waals surface area (Å²) in [5, 5.41) is 3.62. The summed E-state index contributed by atoms with van der Waals surface area (Å²) >= 11 is 0. The van der Waals surface area contributed by atoms with Crippen LogP contribution in [0.15, 0.2) is 18.3 Å². The molecule has 2 rings (SSSR count). The molecule has 0 saturated carbocycles. The number of carbonyl (C=O) groups excluding carboxylic acids is 3. The fourth-order valence-corrected chi connectivity index (χ4v) is 3.58. The summed E-state index contributed by atoms with van der Waals surface area (Å²) in [5.74, 6) is -2.03. The molecule has 2 heterocycles. The van der Waals surface area contributed by atoms with Crippen molar-refractivity contribution in [2.24, 2.45) is 5.92 Å². The molecule has 1 aromatic heterocycles. The third-order valence-electron chi connectivity index (χ3n) is 5.34. The highest BCUT2D eigenvalue weighted by atomic mass is 19.1. The molecule has 1 aliphatic rings.